The predicted molar refractivity (Wildman–Crippen MR) is 143 cm³/mol. The Bertz CT molecular complexity index is 942. The fraction of sp³-hybridized carbons (Fsp3) is 0.538. The SMILES string of the molecule is CCCCCCC(=O)NCC(=O)NCC(=O)NC(Cc1ccccc1)C(=O)NCC(=O)NCOCC(=O)NC. The number of unbranched alkanes of at least 4 members (excludes halogenated alkanes) is 3. The number of benzene rings is 1. The minimum absolute atomic E-state index is 0.150. The van der Waals surface area contributed by atoms with Crippen LogP contribution in [0.25, 0.3) is 0 Å². The molecule has 13 heteroatoms. The molecule has 6 amide bonds. The van der Waals surface area contributed by atoms with E-state index in [1.807, 2.05) is 6.07 Å². The van der Waals surface area contributed by atoms with Gasteiger partial charge >= 0.3 is 0 Å². The van der Waals surface area contributed by atoms with E-state index >= 15 is 0 Å². The first-order chi connectivity index (χ1) is 18.7. The van der Waals surface area contributed by atoms with Crippen molar-refractivity contribution in [3.63, 3.8) is 0 Å². The molecule has 0 saturated carbocycles. The zero-order valence-electron chi connectivity index (χ0n) is 22.6. The molecular weight excluding hydrogens is 508 g/mol. The molecular formula is C26H40N6O7. The Labute approximate surface area is 228 Å². The summed E-state index contributed by atoms with van der Waals surface area (Å²) in [6.07, 6.45) is 4.30. The van der Waals surface area contributed by atoms with Crippen molar-refractivity contribution in [1.29, 1.82) is 0 Å². The Hall–Kier alpha value is -4.00. The number of carbonyl (C=O) groups is 6. The summed E-state index contributed by atoms with van der Waals surface area (Å²) >= 11 is 0. The first-order valence-corrected chi connectivity index (χ1v) is 12.9. The molecule has 0 heterocycles. The van der Waals surface area contributed by atoms with E-state index in [0.29, 0.717) is 6.42 Å². The highest BCUT2D eigenvalue weighted by molar-refractivity contribution is 5.92. The van der Waals surface area contributed by atoms with Crippen molar-refractivity contribution in [3.05, 3.63) is 35.9 Å². The Morgan fingerprint density at radius 3 is 2.08 bits per heavy atom. The monoisotopic (exact) mass is 548 g/mol. The van der Waals surface area contributed by atoms with Gasteiger partial charge in [-0.25, -0.2) is 0 Å². The maximum Gasteiger partial charge on any atom is 0.245 e. The maximum atomic E-state index is 12.8. The van der Waals surface area contributed by atoms with Gasteiger partial charge in [-0.1, -0.05) is 56.5 Å². The van der Waals surface area contributed by atoms with Gasteiger partial charge in [0.2, 0.25) is 35.4 Å². The minimum atomic E-state index is -1.02. The predicted octanol–water partition coefficient (Wildman–Crippen LogP) is -1.13. The Balaban J connectivity index is 2.50. The lowest BCUT2D eigenvalue weighted by Crippen LogP contribution is -2.52. The summed E-state index contributed by atoms with van der Waals surface area (Å²) in [5.41, 5.74) is 0.774. The molecule has 1 aromatic carbocycles. The summed E-state index contributed by atoms with van der Waals surface area (Å²) in [6.45, 7) is 0.606. The molecule has 0 radical (unpaired) electrons. The van der Waals surface area contributed by atoms with E-state index in [1.54, 1.807) is 24.3 Å². The normalized spacial score (nSPS) is 11.0. The fourth-order valence-corrected chi connectivity index (χ4v) is 3.23. The molecule has 39 heavy (non-hydrogen) atoms. The van der Waals surface area contributed by atoms with Crippen LogP contribution < -0.4 is 31.9 Å². The number of carbonyl (C=O) groups excluding carboxylic acids is 6. The summed E-state index contributed by atoms with van der Waals surface area (Å²) < 4.78 is 4.97. The number of amides is 6. The number of rotatable bonds is 19. The van der Waals surface area contributed by atoms with Crippen molar-refractivity contribution in [2.45, 2.75) is 51.5 Å². The number of ether oxygens (including phenoxy) is 1. The highest BCUT2D eigenvalue weighted by Crippen LogP contribution is 2.04. The molecule has 0 aliphatic heterocycles. The van der Waals surface area contributed by atoms with Gasteiger partial charge in [-0.05, 0) is 12.0 Å². The molecule has 1 aromatic rings. The van der Waals surface area contributed by atoms with Crippen molar-refractivity contribution in [2.75, 3.05) is 40.0 Å². The standard InChI is InChI=1S/C26H40N6O7/c1-3-4-5-9-12-21(33)28-14-22(34)29-16-24(36)32-20(13-19-10-7-6-8-11-19)26(38)30-15-23(35)31-18-39-17-25(37)27-2/h6-8,10-11,20H,3-5,9,12-18H2,1-2H3,(H,27,37)(H,28,33)(H,29,34)(H,30,38)(H,31,35)(H,32,36). The molecule has 0 aliphatic carbocycles. The second-order valence-corrected chi connectivity index (χ2v) is 8.66. The molecule has 0 saturated heterocycles. The van der Waals surface area contributed by atoms with Gasteiger partial charge in [-0.15, -0.1) is 0 Å². The van der Waals surface area contributed by atoms with Crippen molar-refractivity contribution >= 4 is 35.4 Å². The van der Waals surface area contributed by atoms with E-state index in [2.05, 4.69) is 38.8 Å². The first kappa shape index (κ1) is 33.0. The van der Waals surface area contributed by atoms with E-state index in [9.17, 15) is 28.8 Å². The number of nitrogens with one attached hydrogen (secondary N) is 6. The number of hydrogen-bond acceptors (Lipinski definition) is 7. The Morgan fingerprint density at radius 2 is 1.38 bits per heavy atom. The van der Waals surface area contributed by atoms with Crippen LogP contribution in [-0.4, -0.2) is 81.5 Å². The van der Waals surface area contributed by atoms with Crippen LogP contribution in [0.4, 0.5) is 0 Å². The third-order valence-corrected chi connectivity index (χ3v) is 5.39. The summed E-state index contributed by atoms with van der Waals surface area (Å²) in [4.78, 5) is 72.1. The van der Waals surface area contributed by atoms with Gasteiger partial charge in [-0.2, -0.15) is 0 Å². The van der Waals surface area contributed by atoms with Crippen molar-refractivity contribution in [3.8, 4) is 0 Å². The molecule has 1 rings (SSSR count). The maximum absolute atomic E-state index is 12.8. The molecule has 13 nitrogen and oxygen atoms in total. The molecule has 0 aromatic heterocycles. The average Bonchev–Trinajstić information content (AvgIpc) is 2.94. The van der Waals surface area contributed by atoms with Crippen molar-refractivity contribution in [1.82, 2.24) is 31.9 Å². The highest BCUT2D eigenvalue weighted by atomic mass is 16.5. The first-order valence-electron chi connectivity index (χ1n) is 12.9. The lowest BCUT2D eigenvalue weighted by Gasteiger charge is -2.19. The van der Waals surface area contributed by atoms with Crippen LogP contribution in [-0.2, 0) is 39.9 Å². The molecule has 1 unspecified atom stereocenters. The summed E-state index contributed by atoms with van der Waals surface area (Å²) in [5, 5.41) is 14.7. The Morgan fingerprint density at radius 1 is 0.744 bits per heavy atom. The largest absolute Gasteiger partial charge is 0.357 e. The fourth-order valence-electron chi connectivity index (χ4n) is 3.23. The van der Waals surface area contributed by atoms with Gasteiger partial charge in [0.1, 0.15) is 19.4 Å². The molecule has 0 bridgehead atoms. The molecule has 216 valence electrons. The number of likely N-dealkylation sites (N-methyl/N-ethyl adjacent to an activating group) is 1. The summed E-state index contributed by atoms with van der Waals surface area (Å²) in [6, 6.07) is 7.95. The molecule has 0 spiro atoms. The Kier molecular flexibility index (Phi) is 17.0. The third-order valence-electron chi connectivity index (χ3n) is 5.39. The van der Waals surface area contributed by atoms with Crippen LogP contribution in [0.3, 0.4) is 0 Å². The number of hydrogen-bond donors (Lipinski definition) is 6. The molecule has 6 N–H and O–H groups in total. The van der Waals surface area contributed by atoms with E-state index in [1.165, 1.54) is 7.05 Å². The van der Waals surface area contributed by atoms with Gasteiger partial charge in [0.05, 0.1) is 19.6 Å². The lowest BCUT2D eigenvalue weighted by molar-refractivity contribution is -0.131. The molecule has 0 aliphatic rings. The van der Waals surface area contributed by atoms with Crippen LogP contribution in [0.5, 0.6) is 0 Å². The van der Waals surface area contributed by atoms with Gasteiger partial charge < -0.3 is 36.6 Å². The second-order valence-electron chi connectivity index (χ2n) is 8.66. The minimum Gasteiger partial charge on any atom is -0.357 e. The van der Waals surface area contributed by atoms with Crippen LogP contribution in [0.1, 0.15) is 44.6 Å². The lowest BCUT2D eigenvalue weighted by atomic mass is 10.1. The van der Waals surface area contributed by atoms with Crippen LogP contribution in [0.2, 0.25) is 0 Å². The van der Waals surface area contributed by atoms with Crippen molar-refractivity contribution in [2.24, 2.45) is 0 Å². The van der Waals surface area contributed by atoms with E-state index in [0.717, 1.165) is 31.2 Å². The topological polar surface area (TPSA) is 184 Å². The average molecular weight is 549 g/mol. The van der Waals surface area contributed by atoms with Gasteiger partial charge in [0.25, 0.3) is 0 Å². The second kappa shape index (κ2) is 20.0. The quantitative estimate of drug-likeness (QED) is 0.0933. The van der Waals surface area contributed by atoms with Gasteiger partial charge in [0.15, 0.2) is 0 Å². The zero-order valence-corrected chi connectivity index (χ0v) is 22.6. The summed E-state index contributed by atoms with van der Waals surface area (Å²) in [5.74, 6) is -2.88. The van der Waals surface area contributed by atoms with E-state index in [4.69, 9.17) is 4.74 Å². The van der Waals surface area contributed by atoms with Crippen LogP contribution >= 0.6 is 0 Å². The van der Waals surface area contributed by atoms with Crippen LogP contribution in [0.15, 0.2) is 30.3 Å². The smallest absolute Gasteiger partial charge is 0.245 e. The van der Waals surface area contributed by atoms with Crippen molar-refractivity contribution < 1.29 is 33.5 Å². The van der Waals surface area contributed by atoms with Crippen LogP contribution in [0, 0.1) is 0 Å². The van der Waals surface area contributed by atoms with E-state index < -0.39 is 36.2 Å². The van der Waals surface area contributed by atoms with Gasteiger partial charge in [-0.3, -0.25) is 28.8 Å². The molecule has 0 fully saturated rings. The van der Waals surface area contributed by atoms with Gasteiger partial charge in [0, 0.05) is 19.9 Å². The van der Waals surface area contributed by atoms with E-state index in [-0.39, 0.29) is 44.7 Å². The molecule has 1 atom stereocenters. The zero-order chi connectivity index (χ0) is 28.9. The summed E-state index contributed by atoms with van der Waals surface area (Å²) in [7, 11) is 1.45. The highest BCUT2D eigenvalue weighted by Gasteiger charge is 2.22. The third kappa shape index (κ3) is 16.5.